The Hall–Kier alpha value is -0.900. The second kappa shape index (κ2) is 5.99. The van der Waals surface area contributed by atoms with Crippen LogP contribution in [0.4, 0.5) is 4.39 Å². The van der Waals surface area contributed by atoms with E-state index in [0.717, 1.165) is 12.8 Å². The van der Waals surface area contributed by atoms with Crippen molar-refractivity contribution in [3.05, 3.63) is 34.1 Å². The summed E-state index contributed by atoms with van der Waals surface area (Å²) in [6.07, 6.45) is 1.96. The normalized spacial score (nSPS) is 12.2. The third-order valence-corrected chi connectivity index (χ3v) is 2.89. The van der Waals surface area contributed by atoms with E-state index in [0.29, 0.717) is 10.0 Å². The third-order valence-electron chi connectivity index (χ3n) is 2.28. The first-order valence-corrected chi connectivity index (χ1v) is 6.09. The Balaban J connectivity index is 2.69. The van der Waals surface area contributed by atoms with Gasteiger partial charge in [-0.15, -0.1) is 0 Å². The van der Waals surface area contributed by atoms with E-state index in [1.807, 2.05) is 6.92 Å². The summed E-state index contributed by atoms with van der Waals surface area (Å²) < 4.78 is 13.3. The first kappa shape index (κ1) is 13.2. The van der Waals surface area contributed by atoms with Gasteiger partial charge in [0.1, 0.15) is 5.82 Å². The minimum atomic E-state index is -0.363. The number of hydrogen-bond acceptors (Lipinski definition) is 1. The largest absolute Gasteiger partial charge is 0.350 e. The zero-order valence-corrected chi connectivity index (χ0v) is 11.0. The number of nitrogens with one attached hydrogen (secondary N) is 1. The average Bonchev–Trinajstić information content (AvgIpc) is 2.22. The second-order valence-electron chi connectivity index (χ2n) is 3.79. The highest BCUT2D eigenvalue weighted by atomic mass is 79.9. The maximum atomic E-state index is 13.0. The lowest BCUT2D eigenvalue weighted by Crippen LogP contribution is -2.32. The Kier molecular flexibility index (Phi) is 4.93. The lowest BCUT2D eigenvalue weighted by atomic mass is 10.1. The number of carbonyl (C=O) groups excluding carboxylic acids is 1. The molecule has 0 aliphatic carbocycles. The second-order valence-corrected chi connectivity index (χ2v) is 4.65. The Labute approximate surface area is 103 Å². The fraction of sp³-hybridized carbons (Fsp3) is 0.417. The van der Waals surface area contributed by atoms with Crippen molar-refractivity contribution in [1.82, 2.24) is 5.32 Å². The van der Waals surface area contributed by atoms with E-state index in [2.05, 4.69) is 28.2 Å². The monoisotopic (exact) mass is 287 g/mol. The number of carbonyl (C=O) groups is 1. The van der Waals surface area contributed by atoms with Crippen LogP contribution < -0.4 is 5.32 Å². The van der Waals surface area contributed by atoms with Crippen LogP contribution in [0.25, 0.3) is 0 Å². The Morgan fingerprint density at radius 3 is 2.81 bits per heavy atom. The van der Waals surface area contributed by atoms with Crippen molar-refractivity contribution < 1.29 is 9.18 Å². The van der Waals surface area contributed by atoms with Crippen molar-refractivity contribution in [1.29, 1.82) is 0 Å². The fourth-order valence-electron chi connectivity index (χ4n) is 1.45. The first-order valence-electron chi connectivity index (χ1n) is 5.30. The zero-order chi connectivity index (χ0) is 12.1. The van der Waals surface area contributed by atoms with Gasteiger partial charge in [-0.1, -0.05) is 13.3 Å². The molecule has 1 N–H and O–H groups in total. The van der Waals surface area contributed by atoms with Crippen LogP contribution >= 0.6 is 15.9 Å². The molecule has 1 rings (SSSR count). The molecule has 0 spiro atoms. The smallest absolute Gasteiger partial charge is 0.251 e. The lowest BCUT2D eigenvalue weighted by molar-refractivity contribution is 0.0938. The molecule has 0 fully saturated rings. The Morgan fingerprint density at radius 1 is 1.56 bits per heavy atom. The molecule has 0 saturated carbocycles. The van der Waals surface area contributed by atoms with Crippen LogP contribution in [0.2, 0.25) is 0 Å². The van der Waals surface area contributed by atoms with E-state index in [-0.39, 0.29) is 17.8 Å². The maximum Gasteiger partial charge on any atom is 0.251 e. The van der Waals surface area contributed by atoms with Gasteiger partial charge in [0.15, 0.2) is 0 Å². The van der Waals surface area contributed by atoms with Crippen LogP contribution in [0.15, 0.2) is 22.7 Å². The summed E-state index contributed by atoms with van der Waals surface area (Å²) in [4.78, 5) is 11.7. The molecular weight excluding hydrogens is 273 g/mol. The van der Waals surface area contributed by atoms with Crippen LogP contribution in [-0.2, 0) is 0 Å². The molecular formula is C12H15BrFNO. The maximum absolute atomic E-state index is 13.0. The molecule has 0 radical (unpaired) electrons. The molecule has 2 nitrogen and oxygen atoms in total. The van der Waals surface area contributed by atoms with Gasteiger partial charge < -0.3 is 5.32 Å². The molecule has 1 aromatic carbocycles. The van der Waals surface area contributed by atoms with Crippen LogP contribution in [0.5, 0.6) is 0 Å². The molecule has 0 aliphatic heterocycles. The molecule has 0 aliphatic rings. The summed E-state index contributed by atoms with van der Waals surface area (Å²) in [5, 5.41) is 2.86. The van der Waals surface area contributed by atoms with E-state index in [4.69, 9.17) is 0 Å². The molecule has 88 valence electrons. The van der Waals surface area contributed by atoms with E-state index in [1.165, 1.54) is 18.2 Å². The molecule has 0 saturated heterocycles. The topological polar surface area (TPSA) is 29.1 Å². The highest BCUT2D eigenvalue weighted by molar-refractivity contribution is 9.10. The van der Waals surface area contributed by atoms with Crippen LogP contribution in [-0.4, -0.2) is 11.9 Å². The van der Waals surface area contributed by atoms with Gasteiger partial charge in [0.05, 0.1) is 4.47 Å². The van der Waals surface area contributed by atoms with Crippen LogP contribution in [0.1, 0.15) is 37.0 Å². The minimum Gasteiger partial charge on any atom is -0.350 e. The Morgan fingerprint density at radius 2 is 2.25 bits per heavy atom. The van der Waals surface area contributed by atoms with Crippen molar-refractivity contribution in [2.24, 2.45) is 0 Å². The summed E-state index contributed by atoms with van der Waals surface area (Å²) in [6, 6.07) is 4.39. The van der Waals surface area contributed by atoms with Crippen molar-refractivity contribution in [2.75, 3.05) is 0 Å². The van der Waals surface area contributed by atoms with E-state index >= 15 is 0 Å². The molecule has 1 atom stereocenters. The highest BCUT2D eigenvalue weighted by Gasteiger charge is 2.10. The van der Waals surface area contributed by atoms with Crippen molar-refractivity contribution in [3.8, 4) is 0 Å². The summed E-state index contributed by atoms with van der Waals surface area (Å²) in [5.41, 5.74) is 0.469. The van der Waals surface area contributed by atoms with Gasteiger partial charge in [-0.25, -0.2) is 4.39 Å². The molecule has 0 bridgehead atoms. The Bertz CT molecular complexity index is 381. The van der Waals surface area contributed by atoms with Gasteiger partial charge in [0, 0.05) is 11.6 Å². The molecule has 16 heavy (non-hydrogen) atoms. The standard InChI is InChI=1S/C12H15BrFNO/c1-3-4-8(2)15-12(16)9-5-6-11(14)10(13)7-9/h5-8H,3-4H2,1-2H3,(H,15,16). The van der Waals surface area contributed by atoms with Crippen molar-refractivity contribution >= 4 is 21.8 Å². The molecule has 1 unspecified atom stereocenters. The average molecular weight is 288 g/mol. The van der Waals surface area contributed by atoms with Crippen LogP contribution in [0.3, 0.4) is 0 Å². The summed E-state index contributed by atoms with van der Waals surface area (Å²) >= 11 is 3.06. The number of benzene rings is 1. The zero-order valence-electron chi connectivity index (χ0n) is 9.39. The summed E-state index contributed by atoms with van der Waals surface area (Å²) in [6.45, 7) is 4.02. The van der Waals surface area contributed by atoms with Gasteiger partial charge in [-0.05, 0) is 47.5 Å². The molecule has 1 amide bonds. The van der Waals surface area contributed by atoms with E-state index in [9.17, 15) is 9.18 Å². The predicted molar refractivity (Wildman–Crippen MR) is 65.9 cm³/mol. The number of rotatable bonds is 4. The van der Waals surface area contributed by atoms with Crippen molar-refractivity contribution in [2.45, 2.75) is 32.7 Å². The lowest BCUT2D eigenvalue weighted by Gasteiger charge is -2.12. The van der Waals surface area contributed by atoms with Gasteiger partial charge in [-0.2, -0.15) is 0 Å². The van der Waals surface area contributed by atoms with Gasteiger partial charge >= 0.3 is 0 Å². The minimum absolute atomic E-state index is 0.140. The summed E-state index contributed by atoms with van der Waals surface area (Å²) in [7, 11) is 0. The number of amides is 1. The quantitative estimate of drug-likeness (QED) is 0.902. The first-order chi connectivity index (χ1) is 7.54. The molecule has 4 heteroatoms. The van der Waals surface area contributed by atoms with Crippen molar-refractivity contribution in [3.63, 3.8) is 0 Å². The van der Waals surface area contributed by atoms with Gasteiger partial charge in [0.25, 0.3) is 5.91 Å². The fourth-order valence-corrected chi connectivity index (χ4v) is 1.83. The summed E-state index contributed by atoms with van der Waals surface area (Å²) in [5.74, 6) is -0.528. The number of halogens is 2. The van der Waals surface area contributed by atoms with Gasteiger partial charge in [0.2, 0.25) is 0 Å². The van der Waals surface area contributed by atoms with E-state index in [1.54, 1.807) is 0 Å². The van der Waals surface area contributed by atoms with Crippen LogP contribution in [0, 0.1) is 5.82 Å². The molecule has 0 aromatic heterocycles. The predicted octanol–water partition coefficient (Wildman–Crippen LogP) is 3.51. The van der Waals surface area contributed by atoms with E-state index < -0.39 is 0 Å². The third kappa shape index (κ3) is 3.59. The van der Waals surface area contributed by atoms with Gasteiger partial charge in [-0.3, -0.25) is 4.79 Å². The molecule has 0 heterocycles. The molecule has 1 aromatic rings. The SMILES string of the molecule is CCCC(C)NC(=O)c1ccc(F)c(Br)c1. The number of hydrogen-bond donors (Lipinski definition) is 1. The highest BCUT2D eigenvalue weighted by Crippen LogP contribution is 2.16.